The molecule has 1 aliphatic carbocycles. The highest BCUT2D eigenvalue weighted by atomic mass is 79.9. The van der Waals surface area contributed by atoms with Crippen LogP contribution in [0.25, 0.3) is 0 Å². The summed E-state index contributed by atoms with van der Waals surface area (Å²) in [6.45, 7) is 0.435. The Morgan fingerprint density at radius 2 is 1.90 bits per heavy atom. The van der Waals surface area contributed by atoms with Crippen molar-refractivity contribution in [2.24, 2.45) is 5.41 Å². The monoisotopic (exact) mass is 441 g/mol. The van der Waals surface area contributed by atoms with Gasteiger partial charge in [-0.15, -0.1) is 0 Å². The number of hydrogen-bond acceptors (Lipinski definition) is 4. The van der Waals surface area contributed by atoms with Crippen LogP contribution in [-0.4, -0.2) is 15.0 Å². The van der Waals surface area contributed by atoms with Crippen molar-refractivity contribution in [1.29, 1.82) is 5.26 Å². The second kappa shape index (κ2) is 5.84. The third-order valence-electron chi connectivity index (χ3n) is 3.19. The van der Waals surface area contributed by atoms with Gasteiger partial charge in [0.15, 0.2) is 0 Å². The first-order chi connectivity index (χ1) is 9.27. The summed E-state index contributed by atoms with van der Waals surface area (Å²) in [6, 6.07) is 4.96. The smallest absolute Gasteiger partial charge is 0.261 e. The molecule has 1 aromatic carbocycles. The third kappa shape index (κ3) is 3.67. The summed E-state index contributed by atoms with van der Waals surface area (Å²) >= 11 is 6.55. The maximum absolute atomic E-state index is 11.3. The van der Waals surface area contributed by atoms with Crippen LogP contribution in [0.15, 0.2) is 26.0 Å². The molecule has 8 heteroatoms. The van der Waals surface area contributed by atoms with E-state index in [1.165, 1.54) is 12.1 Å². The molecule has 0 atom stereocenters. The number of hydrogen-bond donors (Lipinski definition) is 0. The van der Waals surface area contributed by atoms with Gasteiger partial charge in [0, 0.05) is 22.5 Å². The van der Waals surface area contributed by atoms with E-state index in [9.17, 15) is 8.42 Å². The Morgan fingerprint density at radius 1 is 1.35 bits per heavy atom. The first-order valence-electron chi connectivity index (χ1n) is 5.71. The van der Waals surface area contributed by atoms with Gasteiger partial charge in [-0.3, -0.25) is 0 Å². The van der Waals surface area contributed by atoms with E-state index >= 15 is 0 Å². The van der Waals surface area contributed by atoms with Crippen molar-refractivity contribution in [3.05, 3.63) is 21.1 Å². The zero-order valence-corrected chi connectivity index (χ0v) is 14.9. The lowest BCUT2D eigenvalue weighted by Crippen LogP contribution is -2.13. The first-order valence-corrected chi connectivity index (χ1v) is 9.60. The normalized spacial score (nSPS) is 16.5. The zero-order valence-electron chi connectivity index (χ0n) is 10.2. The molecule has 0 N–H and O–H groups in total. The highest BCUT2D eigenvalue weighted by Crippen LogP contribution is 2.49. The standard InChI is InChI=1S/C12H10Br2ClNO3S/c13-9-5-8(20(15,17)18)6-10(14)11(9)19-7-12(1-2-12)3-4-16/h5-6H,1-3,7H2. The lowest BCUT2D eigenvalue weighted by molar-refractivity contribution is 0.234. The molecule has 0 heterocycles. The molecule has 0 aromatic heterocycles. The third-order valence-corrected chi connectivity index (χ3v) is 5.70. The van der Waals surface area contributed by atoms with Crippen LogP contribution in [0.4, 0.5) is 0 Å². The molecular formula is C12H10Br2ClNO3S. The fraction of sp³-hybridized carbons (Fsp3) is 0.417. The van der Waals surface area contributed by atoms with Crippen molar-refractivity contribution < 1.29 is 13.2 Å². The molecule has 108 valence electrons. The van der Waals surface area contributed by atoms with Gasteiger partial charge in [-0.25, -0.2) is 8.42 Å². The van der Waals surface area contributed by atoms with Gasteiger partial charge >= 0.3 is 0 Å². The van der Waals surface area contributed by atoms with E-state index in [1.54, 1.807) is 0 Å². The van der Waals surface area contributed by atoms with Crippen LogP contribution in [0.3, 0.4) is 0 Å². The summed E-state index contributed by atoms with van der Waals surface area (Å²) < 4.78 is 29.3. The van der Waals surface area contributed by atoms with E-state index in [1.807, 2.05) is 0 Å². The average molecular weight is 444 g/mol. The van der Waals surface area contributed by atoms with Crippen molar-refractivity contribution in [3.63, 3.8) is 0 Å². The number of nitrogens with zero attached hydrogens (tertiary/aromatic N) is 1. The minimum absolute atomic E-state index is 0.0107. The average Bonchev–Trinajstić information content (AvgIpc) is 3.07. The van der Waals surface area contributed by atoms with Gasteiger partial charge in [0.1, 0.15) is 5.75 Å². The lowest BCUT2D eigenvalue weighted by Gasteiger charge is -2.15. The number of rotatable bonds is 5. The van der Waals surface area contributed by atoms with Gasteiger partial charge in [-0.05, 0) is 56.8 Å². The van der Waals surface area contributed by atoms with Gasteiger partial charge < -0.3 is 4.74 Å². The summed E-state index contributed by atoms with van der Waals surface area (Å²) in [5.41, 5.74) is -0.0507. The van der Waals surface area contributed by atoms with Crippen LogP contribution in [0.5, 0.6) is 5.75 Å². The van der Waals surface area contributed by atoms with Crippen molar-refractivity contribution >= 4 is 51.6 Å². The Kier molecular flexibility index (Phi) is 4.69. The molecule has 4 nitrogen and oxygen atoms in total. The Hall–Kier alpha value is -0.290. The molecule has 1 aromatic rings. The predicted octanol–water partition coefficient (Wildman–Crippen LogP) is 4.21. The molecule has 1 aliphatic rings. The van der Waals surface area contributed by atoms with E-state index in [0.29, 0.717) is 27.7 Å². The Balaban J connectivity index is 2.20. The van der Waals surface area contributed by atoms with Crippen LogP contribution in [0.2, 0.25) is 0 Å². The molecule has 0 spiro atoms. The Morgan fingerprint density at radius 3 is 2.30 bits per heavy atom. The number of ether oxygens (including phenoxy) is 1. The molecule has 0 aliphatic heterocycles. The van der Waals surface area contributed by atoms with Gasteiger partial charge in [-0.1, -0.05) is 0 Å². The van der Waals surface area contributed by atoms with Crippen molar-refractivity contribution in [2.45, 2.75) is 24.2 Å². The van der Waals surface area contributed by atoms with Crippen molar-refractivity contribution in [2.75, 3.05) is 6.61 Å². The zero-order chi connectivity index (χ0) is 15.0. The summed E-state index contributed by atoms with van der Waals surface area (Å²) in [6.07, 6.45) is 2.42. The topological polar surface area (TPSA) is 67.2 Å². The fourth-order valence-corrected chi connectivity index (χ4v) is 4.26. The van der Waals surface area contributed by atoms with Crippen LogP contribution >= 0.6 is 42.5 Å². The lowest BCUT2D eigenvalue weighted by atomic mass is 10.1. The molecule has 0 bridgehead atoms. The molecule has 0 unspecified atom stereocenters. The van der Waals surface area contributed by atoms with E-state index in [4.69, 9.17) is 20.7 Å². The second-order valence-electron chi connectivity index (χ2n) is 4.78. The second-order valence-corrected chi connectivity index (χ2v) is 9.05. The first kappa shape index (κ1) is 16.1. The van der Waals surface area contributed by atoms with Crippen molar-refractivity contribution in [3.8, 4) is 11.8 Å². The Labute approximate surface area is 138 Å². The van der Waals surface area contributed by atoms with Gasteiger partial charge in [-0.2, -0.15) is 5.26 Å². The Bertz CT molecular complexity index is 657. The fourth-order valence-electron chi connectivity index (χ4n) is 1.76. The van der Waals surface area contributed by atoms with Crippen molar-refractivity contribution in [1.82, 2.24) is 0 Å². The van der Waals surface area contributed by atoms with Gasteiger partial charge in [0.25, 0.3) is 9.05 Å². The minimum atomic E-state index is -3.79. The largest absolute Gasteiger partial charge is 0.491 e. The number of benzene rings is 1. The van der Waals surface area contributed by atoms with E-state index in [2.05, 4.69) is 37.9 Å². The summed E-state index contributed by atoms with van der Waals surface area (Å²) in [7, 11) is 1.52. The molecule has 0 amide bonds. The molecule has 0 saturated heterocycles. The molecule has 1 fully saturated rings. The van der Waals surface area contributed by atoms with E-state index in [0.717, 1.165) is 12.8 Å². The summed E-state index contributed by atoms with van der Waals surface area (Å²) in [5, 5.41) is 8.77. The number of halogens is 3. The van der Waals surface area contributed by atoms with E-state index in [-0.39, 0.29) is 10.3 Å². The predicted molar refractivity (Wildman–Crippen MR) is 82.3 cm³/mol. The van der Waals surface area contributed by atoms with Gasteiger partial charge in [0.2, 0.25) is 0 Å². The minimum Gasteiger partial charge on any atom is -0.491 e. The van der Waals surface area contributed by atoms with Crippen LogP contribution in [0, 0.1) is 16.7 Å². The molecule has 0 radical (unpaired) electrons. The number of nitriles is 1. The maximum Gasteiger partial charge on any atom is 0.261 e. The van der Waals surface area contributed by atoms with Crippen LogP contribution < -0.4 is 4.74 Å². The molecular weight excluding hydrogens is 433 g/mol. The molecule has 20 heavy (non-hydrogen) atoms. The SMILES string of the molecule is N#CCC1(COc2c(Br)cc(S(=O)(=O)Cl)cc2Br)CC1. The highest BCUT2D eigenvalue weighted by Gasteiger charge is 2.43. The summed E-state index contributed by atoms with van der Waals surface area (Å²) in [5.74, 6) is 0.512. The molecule has 1 saturated carbocycles. The molecule has 2 rings (SSSR count). The highest BCUT2D eigenvalue weighted by molar-refractivity contribution is 9.11. The summed E-state index contributed by atoms with van der Waals surface area (Å²) in [4.78, 5) is -0.0107. The quantitative estimate of drug-likeness (QED) is 0.640. The van der Waals surface area contributed by atoms with Crippen LogP contribution in [0.1, 0.15) is 19.3 Å². The maximum atomic E-state index is 11.3. The van der Waals surface area contributed by atoms with Gasteiger partial charge in [0.05, 0.1) is 26.5 Å². The van der Waals surface area contributed by atoms with E-state index < -0.39 is 9.05 Å². The van der Waals surface area contributed by atoms with Crippen LogP contribution in [-0.2, 0) is 9.05 Å².